The van der Waals surface area contributed by atoms with Crippen molar-refractivity contribution in [3.63, 3.8) is 0 Å². The van der Waals surface area contributed by atoms with Crippen LogP contribution in [0.5, 0.6) is 11.5 Å². The standard InChI is InChI=1S/C16H14Cl2O3/c1-2-20-12-4-6-13(7-5-12)21-10-16(19)14-8-3-11(17)9-15(14)18/h3-9H,2,10H2,1H3. The molecule has 110 valence electrons. The van der Waals surface area contributed by atoms with Crippen molar-refractivity contribution in [3.8, 4) is 11.5 Å². The van der Waals surface area contributed by atoms with Crippen molar-refractivity contribution < 1.29 is 14.3 Å². The van der Waals surface area contributed by atoms with Gasteiger partial charge in [0.1, 0.15) is 11.5 Å². The van der Waals surface area contributed by atoms with Crippen molar-refractivity contribution in [1.29, 1.82) is 0 Å². The molecule has 5 heteroatoms. The van der Waals surface area contributed by atoms with E-state index in [0.717, 1.165) is 5.75 Å². The van der Waals surface area contributed by atoms with Crippen LogP contribution in [0, 0.1) is 0 Å². The van der Waals surface area contributed by atoms with Crippen molar-refractivity contribution in [1.82, 2.24) is 0 Å². The van der Waals surface area contributed by atoms with E-state index >= 15 is 0 Å². The van der Waals surface area contributed by atoms with Gasteiger partial charge in [0.15, 0.2) is 6.61 Å². The molecular weight excluding hydrogens is 311 g/mol. The zero-order valence-corrected chi connectivity index (χ0v) is 12.9. The highest BCUT2D eigenvalue weighted by molar-refractivity contribution is 6.36. The number of ketones is 1. The lowest BCUT2D eigenvalue weighted by atomic mass is 10.1. The Bertz CT molecular complexity index is 624. The van der Waals surface area contributed by atoms with Crippen LogP contribution in [0.25, 0.3) is 0 Å². The Labute approximate surface area is 133 Å². The quantitative estimate of drug-likeness (QED) is 0.725. The molecule has 0 fully saturated rings. The Kier molecular flexibility index (Phi) is 5.48. The first-order chi connectivity index (χ1) is 10.1. The minimum Gasteiger partial charge on any atom is -0.494 e. The summed E-state index contributed by atoms with van der Waals surface area (Å²) in [5.74, 6) is 1.15. The van der Waals surface area contributed by atoms with Gasteiger partial charge in [-0.3, -0.25) is 4.79 Å². The molecule has 2 aromatic rings. The molecule has 0 aromatic heterocycles. The van der Waals surface area contributed by atoms with Crippen LogP contribution in [-0.4, -0.2) is 19.0 Å². The number of ether oxygens (including phenoxy) is 2. The van der Waals surface area contributed by atoms with Gasteiger partial charge in [-0.15, -0.1) is 0 Å². The molecule has 0 radical (unpaired) electrons. The molecule has 0 aliphatic carbocycles. The molecule has 0 aliphatic heterocycles. The fourth-order valence-corrected chi connectivity index (χ4v) is 2.25. The van der Waals surface area contributed by atoms with Crippen molar-refractivity contribution in [2.45, 2.75) is 6.92 Å². The van der Waals surface area contributed by atoms with Crippen molar-refractivity contribution in [3.05, 3.63) is 58.1 Å². The second-order valence-electron chi connectivity index (χ2n) is 4.24. The minimum atomic E-state index is -0.203. The second kappa shape index (κ2) is 7.34. The number of carbonyl (C=O) groups excluding carboxylic acids is 1. The van der Waals surface area contributed by atoms with Crippen molar-refractivity contribution in [2.75, 3.05) is 13.2 Å². The number of benzene rings is 2. The molecule has 0 bridgehead atoms. The molecule has 0 aliphatic rings. The van der Waals surface area contributed by atoms with E-state index in [-0.39, 0.29) is 12.4 Å². The van der Waals surface area contributed by atoms with Gasteiger partial charge < -0.3 is 9.47 Å². The summed E-state index contributed by atoms with van der Waals surface area (Å²) in [6.07, 6.45) is 0. The fraction of sp³-hybridized carbons (Fsp3) is 0.188. The fourth-order valence-electron chi connectivity index (χ4n) is 1.74. The van der Waals surface area contributed by atoms with Crippen molar-refractivity contribution in [2.24, 2.45) is 0 Å². The van der Waals surface area contributed by atoms with Gasteiger partial charge >= 0.3 is 0 Å². The monoisotopic (exact) mass is 324 g/mol. The van der Waals surface area contributed by atoms with Gasteiger partial charge in [-0.25, -0.2) is 0 Å². The number of Topliss-reactive ketones (excluding diaryl/α,β-unsaturated/α-hetero) is 1. The summed E-state index contributed by atoms with van der Waals surface area (Å²) in [7, 11) is 0. The second-order valence-corrected chi connectivity index (χ2v) is 5.08. The van der Waals surface area contributed by atoms with Gasteiger partial charge in [0.2, 0.25) is 5.78 Å². The third-order valence-electron chi connectivity index (χ3n) is 2.74. The topological polar surface area (TPSA) is 35.5 Å². The number of hydrogen-bond acceptors (Lipinski definition) is 3. The van der Waals surface area contributed by atoms with E-state index in [1.807, 2.05) is 6.92 Å². The maximum absolute atomic E-state index is 12.0. The molecule has 21 heavy (non-hydrogen) atoms. The predicted molar refractivity (Wildman–Crippen MR) is 83.9 cm³/mol. The molecule has 0 saturated carbocycles. The maximum atomic E-state index is 12.0. The summed E-state index contributed by atoms with van der Waals surface area (Å²) in [6, 6.07) is 11.8. The van der Waals surface area contributed by atoms with E-state index in [4.69, 9.17) is 32.7 Å². The average Bonchev–Trinajstić information content (AvgIpc) is 2.46. The largest absolute Gasteiger partial charge is 0.494 e. The van der Waals surface area contributed by atoms with Crippen LogP contribution in [0.1, 0.15) is 17.3 Å². The zero-order chi connectivity index (χ0) is 15.2. The number of carbonyl (C=O) groups is 1. The minimum absolute atomic E-state index is 0.0880. The third kappa shape index (κ3) is 4.38. The highest BCUT2D eigenvalue weighted by Crippen LogP contribution is 2.22. The van der Waals surface area contributed by atoms with Gasteiger partial charge in [0.05, 0.1) is 11.6 Å². The molecule has 0 amide bonds. The number of halogens is 2. The molecule has 0 saturated heterocycles. The average molecular weight is 325 g/mol. The lowest BCUT2D eigenvalue weighted by Crippen LogP contribution is -2.12. The molecule has 0 atom stereocenters. The molecular formula is C16H14Cl2O3. The Hall–Kier alpha value is -1.71. The lowest BCUT2D eigenvalue weighted by Gasteiger charge is -2.08. The van der Waals surface area contributed by atoms with Crippen LogP contribution in [0.4, 0.5) is 0 Å². The molecule has 2 rings (SSSR count). The van der Waals surface area contributed by atoms with Gasteiger partial charge in [0.25, 0.3) is 0 Å². The summed E-state index contributed by atoms with van der Waals surface area (Å²) < 4.78 is 10.8. The lowest BCUT2D eigenvalue weighted by molar-refractivity contribution is 0.0921. The van der Waals surface area contributed by atoms with Gasteiger partial charge in [-0.05, 0) is 49.4 Å². The smallest absolute Gasteiger partial charge is 0.201 e. The first-order valence-corrected chi connectivity index (χ1v) is 7.19. The van der Waals surface area contributed by atoms with Gasteiger partial charge in [-0.1, -0.05) is 23.2 Å². The SMILES string of the molecule is CCOc1ccc(OCC(=O)c2ccc(Cl)cc2Cl)cc1. The van der Waals surface area contributed by atoms with Gasteiger partial charge in [-0.2, -0.15) is 0 Å². The van der Waals surface area contributed by atoms with Crippen LogP contribution in [0.3, 0.4) is 0 Å². The zero-order valence-electron chi connectivity index (χ0n) is 11.4. The van der Waals surface area contributed by atoms with E-state index < -0.39 is 0 Å². The summed E-state index contributed by atoms with van der Waals surface area (Å²) in [5.41, 5.74) is 0.395. The third-order valence-corrected chi connectivity index (χ3v) is 3.28. The molecule has 0 heterocycles. The van der Waals surface area contributed by atoms with Gasteiger partial charge in [0, 0.05) is 10.6 Å². The molecule has 3 nitrogen and oxygen atoms in total. The summed E-state index contributed by atoms with van der Waals surface area (Å²) in [4.78, 5) is 12.0. The summed E-state index contributed by atoms with van der Waals surface area (Å²) in [6.45, 7) is 2.43. The van der Waals surface area contributed by atoms with E-state index in [2.05, 4.69) is 0 Å². The van der Waals surface area contributed by atoms with Crippen LogP contribution < -0.4 is 9.47 Å². The molecule has 2 aromatic carbocycles. The Morgan fingerprint density at radius 2 is 1.62 bits per heavy atom. The predicted octanol–water partition coefficient (Wildman–Crippen LogP) is 4.65. The van der Waals surface area contributed by atoms with Crippen LogP contribution in [0.15, 0.2) is 42.5 Å². The first-order valence-electron chi connectivity index (χ1n) is 6.44. The molecule has 0 N–H and O–H groups in total. The molecule has 0 unspecified atom stereocenters. The van der Waals surface area contributed by atoms with Crippen LogP contribution >= 0.6 is 23.2 Å². The normalized spacial score (nSPS) is 10.2. The van der Waals surface area contributed by atoms with E-state index in [9.17, 15) is 4.79 Å². The van der Waals surface area contributed by atoms with E-state index in [0.29, 0.717) is 28.0 Å². The Balaban J connectivity index is 1.97. The van der Waals surface area contributed by atoms with E-state index in [1.165, 1.54) is 6.07 Å². The first kappa shape index (κ1) is 15.7. The number of hydrogen-bond donors (Lipinski definition) is 0. The Morgan fingerprint density at radius 3 is 2.19 bits per heavy atom. The van der Waals surface area contributed by atoms with Crippen LogP contribution in [-0.2, 0) is 0 Å². The summed E-state index contributed by atoms with van der Waals surface area (Å²) in [5, 5.41) is 0.812. The maximum Gasteiger partial charge on any atom is 0.201 e. The Morgan fingerprint density at radius 1 is 1.00 bits per heavy atom. The summed E-state index contributed by atoms with van der Waals surface area (Å²) >= 11 is 11.8. The van der Waals surface area contributed by atoms with Crippen LogP contribution in [0.2, 0.25) is 10.0 Å². The molecule has 0 spiro atoms. The number of rotatable bonds is 6. The highest BCUT2D eigenvalue weighted by atomic mass is 35.5. The van der Waals surface area contributed by atoms with E-state index in [1.54, 1.807) is 36.4 Å². The van der Waals surface area contributed by atoms with Crippen molar-refractivity contribution >= 4 is 29.0 Å². The highest BCUT2D eigenvalue weighted by Gasteiger charge is 2.11.